The standard InChI is InChI=1S/C29H42O7S/c1-16-22-17(13-18(30)23(16)31)27(4)10-12-29(6)21-15-26(3,24(32)33)8-7-25(21,2)9-11-28(29,5)20(27)14-19(22)37(34,35)36/h13,19-21,30-31H,7-12,14-15H2,1-6H3,(H,32,33)(H,34,35,36)/t19?,20?,21-,25-,26-,27+,28-,29+/m1/s1. The fourth-order valence-corrected chi connectivity index (χ4v) is 10.9. The zero-order valence-corrected chi connectivity index (χ0v) is 23.7. The number of aromatic hydroxyl groups is 2. The van der Waals surface area contributed by atoms with Gasteiger partial charge in [-0.15, -0.1) is 0 Å². The highest BCUT2D eigenvalue weighted by molar-refractivity contribution is 7.86. The molecule has 1 aromatic rings. The number of benzene rings is 1. The number of carboxylic acids is 1. The first-order valence-electron chi connectivity index (χ1n) is 13.6. The summed E-state index contributed by atoms with van der Waals surface area (Å²) in [5, 5.41) is 30.0. The first-order valence-corrected chi connectivity index (χ1v) is 15.1. The quantitative estimate of drug-likeness (QED) is 0.266. The molecule has 8 heteroatoms. The van der Waals surface area contributed by atoms with Crippen LogP contribution >= 0.6 is 0 Å². The lowest BCUT2D eigenvalue weighted by molar-refractivity contribution is -0.214. The predicted molar refractivity (Wildman–Crippen MR) is 140 cm³/mol. The van der Waals surface area contributed by atoms with E-state index in [1.165, 1.54) is 6.07 Å². The van der Waals surface area contributed by atoms with Gasteiger partial charge in [-0.25, -0.2) is 0 Å². The van der Waals surface area contributed by atoms with Gasteiger partial charge in [-0.2, -0.15) is 8.42 Å². The number of carboxylic acid groups (broad SMARTS) is 1. The summed E-state index contributed by atoms with van der Waals surface area (Å²) >= 11 is 0. The van der Waals surface area contributed by atoms with Crippen LogP contribution < -0.4 is 0 Å². The van der Waals surface area contributed by atoms with Crippen molar-refractivity contribution in [3.8, 4) is 11.5 Å². The molecule has 3 fully saturated rings. The van der Waals surface area contributed by atoms with Gasteiger partial charge in [0.25, 0.3) is 10.1 Å². The Bertz CT molecular complexity index is 1290. The van der Waals surface area contributed by atoms with Gasteiger partial charge in [0, 0.05) is 0 Å². The molecule has 5 rings (SSSR count). The zero-order chi connectivity index (χ0) is 27.6. The molecule has 4 N–H and O–H groups in total. The third kappa shape index (κ3) is 3.33. The molecule has 37 heavy (non-hydrogen) atoms. The van der Waals surface area contributed by atoms with Crippen LogP contribution in [0.4, 0.5) is 0 Å². The number of phenols is 2. The molecule has 0 saturated heterocycles. The number of phenolic OH excluding ortho intramolecular Hbond substituents is 2. The van der Waals surface area contributed by atoms with Crippen molar-refractivity contribution in [2.75, 3.05) is 0 Å². The van der Waals surface area contributed by atoms with E-state index in [1.807, 2.05) is 6.92 Å². The molecule has 0 bridgehead atoms. The van der Waals surface area contributed by atoms with Crippen molar-refractivity contribution in [3.05, 3.63) is 22.8 Å². The summed E-state index contributed by atoms with van der Waals surface area (Å²) < 4.78 is 36.0. The van der Waals surface area contributed by atoms with Gasteiger partial charge < -0.3 is 15.3 Å². The third-order valence-corrected chi connectivity index (χ3v) is 13.7. The largest absolute Gasteiger partial charge is 0.504 e. The van der Waals surface area contributed by atoms with Crippen molar-refractivity contribution >= 4 is 16.1 Å². The van der Waals surface area contributed by atoms with Crippen LogP contribution in [0.25, 0.3) is 0 Å². The van der Waals surface area contributed by atoms with Crippen LogP contribution in [0.2, 0.25) is 0 Å². The highest BCUT2D eigenvalue weighted by Gasteiger charge is 2.69. The molecule has 4 aliphatic rings. The van der Waals surface area contributed by atoms with Crippen LogP contribution in [-0.4, -0.2) is 34.3 Å². The number of hydrogen-bond donors (Lipinski definition) is 4. The molecule has 0 amide bonds. The molecule has 8 atom stereocenters. The molecular weight excluding hydrogens is 492 g/mol. The Morgan fingerprint density at radius 2 is 1.49 bits per heavy atom. The Morgan fingerprint density at radius 3 is 2.08 bits per heavy atom. The lowest BCUT2D eigenvalue weighted by atomic mass is 9.32. The molecule has 0 radical (unpaired) electrons. The summed E-state index contributed by atoms with van der Waals surface area (Å²) in [7, 11) is -4.49. The molecule has 0 aliphatic heterocycles. The second-order valence-corrected chi connectivity index (χ2v) is 15.8. The monoisotopic (exact) mass is 534 g/mol. The van der Waals surface area contributed by atoms with E-state index in [0.29, 0.717) is 29.5 Å². The molecular formula is C29H42O7S. The van der Waals surface area contributed by atoms with Crippen molar-refractivity contribution in [2.24, 2.45) is 33.5 Å². The number of fused-ring (bicyclic) bond motifs is 7. The van der Waals surface area contributed by atoms with Crippen molar-refractivity contribution in [2.45, 2.75) is 104 Å². The highest BCUT2D eigenvalue weighted by Crippen LogP contribution is 2.76. The summed E-state index contributed by atoms with van der Waals surface area (Å²) in [5.41, 5.74) is -0.291. The first kappa shape index (κ1) is 26.8. The summed E-state index contributed by atoms with van der Waals surface area (Å²) in [4.78, 5) is 12.3. The third-order valence-electron chi connectivity index (χ3n) is 12.6. The van der Waals surface area contributed by atoms with Crippen LogP contribution in [0, 0.1) is 40.4 Å². The summed E-state index contributed by atoms with van der Waals surface area (Å²) in [6, 6.07) is 1.52. The maximum absolute atomic E-state index is 12.8. The minimum atomic E-state index is -4.49. The summed E-state index contributed by atoms with van der Waals surface area (Å²) in [6.45, 7) is 12.5. The average Bonchev–Trinajstić information content (AvgIpc) is 2.80. The average molecular weight is 535 g/mol. The molecule has 0 spiro atoms. The normalized spacial score (nSPS) is 45.2. The van der Waals surface area contributed by atoms with Gasteiger partial charge in [-0.05, 0) is 121 Å². The van der Waals surface area contributed by atoms with E-state index < -0.39 is 32.2 Å². The van der Waals surface area contributed by atoms with Crippen molar-refractivity contribution in [1.29, 1.82) is 0 Å². The van der Waals surface area contributed by atoms with E-state index in [2.05, 4.69) is 27.7 Å². The lowest BCUT2D eigenvalue weighted by Gasteiger charge is -2.72. The van der Waals surface area contributed by atoms with Crippen molar-refractivity contribution in [3.63, 3.8) is 0 Å². The van der Waals surface area contributed by atoms with Gasteiger partial charge in [0.2, 0.25) is 0 Å². The first-order chi connectivity index (χ1) is 16.8. The van der Waals surface area contributed by atoms with Crippen LogP contribution in [0.3, 0.4) is 0 Å². The number of rotatable bonds is 2. The Morgan fingerprint density at radius 1 is 0.919 bits per heavy atom. The molecule has 206 valence electrons. The molecule has 0 heterocycles. The van der Waals surface area contributed by atoms with E-state index >= 15 is 0 Å². The van der Waals surface area contributed by atoms with Crippen LogP contribution in [0.15, 0.2) is 6.07 Å². The number of carbonyl (C=O) groups is 1. The van der Waals surface area contributed by atoms with E-state index in [4.69, 9.17) is 0 Å². The van der Waals surface area contributed by atoms with Gasteiger partial charge in [0.15, 0.2) is 11.5 Å². The van der Waals surface area contributed by atoms with Crippen LogP contribution in [0.1, 0.15) is 108 Å². The van der Waals surface area contributed by atoms with E-state index in [-0.39, 0.29) is 46.0 Å². The number of hydrogen-bond acceptors (Lipinski definition) is 5. The second-order valence-electron chi connectivity index (χ2n) is 14.2. The Balaban J connectivity index is 1.70. The predicted octanol–water partition coefficient (Wildman–Crippen LogP) is 6.11. The van der Waals surface area contributed by atoms with Crippen molar-refractivity contribution in [1.82, 2.24) is 0 Å². The summed E-state index contributed by atoms with van der Waals surface area (Å²) in [6.07, 6.45) is 5.87. The SMILES string of the molecule is Cc1c(O)c(O)cc2c1C(S(=O)(=O)O)CC1[C@@]2(C)CC[C@@]2(C)[C@@H]3C[C@](C)(C(=O)O)CC[C@]3(C)CC[C@]12C. The molecule has 2 unspecified atom stereocenters. The van der Waals surface area contributed by atoms with Crippen molar-refractivity contribution < 1.29 is 33.1 Å². The number of aliphatic carboxylic acids is 1. The summed E-state index contributed by atoms with van der Waals surface area (Å²) in [5.74, 6) is -1.28. The minimum absolute atomic E-state index is 0.0344. The lowest BCUT2D eigenvalue weighted by Crippen LogP contribution is -2.66. The Kier molecular flexibility index (Phi) is 5.54. The smallest absolute Gasteiger partial charge is 0.309 e. The van der Waals surface area contributed by atoms with Gasteiger partial charge in [0.05, 0.1) is 5.41 Å². The minimum Gasteiger partial charge on any atom is -0.504 e. The molecule has 7 nitrogen and oxygen atoms in total. The van der Waals surface area contributed by atoms with E-state index in [0.717, 1.165) is 32.1 Å². The Hall–Kier alpha value is -1.80. The Labute approximate surface area is 220 Å². The second kappa shape index (κ2) is 7.65. The maximum Gasteiger partial charge on any atom is 0.309 e. The molecule has 1 aromatic carbocycles. The zero-order valence-electron chi connectivity index (χ0n) is 22.9. The van der Waals surface area contributed by atoms with Crippen LogP contribution in [0.5, 0.6) is 11.5 Å². The topological polar surface area (TPSA) is 132 Å². The van der Waals surface area contributed by atoms with E-state index in [9.17, 15) is 33.1 Å². The van der Waals surface area contributed by atoms with Crippen LogP contribution in [-0.2, 0) is 20.3 Å². The van der Waals surface area contributed by atoms with Gasteiger partial charge >= 0.3 is 5.97 Å². The van der Waals surface area contributed by atoms with Gasteiger partial charge in [-0.1, -0.05) is 27.7 Å². The van der Waals surface area contributed by atoms with E-state index in [1.54, 1.807) is 6.92 Å². The fourth-order valence-electron chi connectivity index (χ4n) is 9.82. The maximum atomic E-state index is 12.8. The van der Waals surface area contributed by atoms with Gasteiger partial charge in [0.1, 0.15) is 5.25 Å². The van der Waals surface area contributed by atoms with Gasteiger partial charge in [-0.3, -0.25) is 9.35 Å². The molecule has 0 aromatic heterocycles. The molecule has 4 aliphatic carbocycles. The molecule has 3 saturated carbocycles. The fraction of sp³-hybridized carbons (Fsp3) is 0.759. The highest BCUT2D eigenvalue weighted by atomic mass is 32.2.